The number of amides is 2. The molecule has 1 fully saturated rings. The summed E-state index contributed by atoms with van der Waals surface area (Å²) in [5.74, 6) is 0.247. The fourth-order valence-corrected chi connectivity index (χ4v) is 5.14. The average molecular weight is 463 g/mol. The highest BCUT2D eigenvalue weighted by atomic mass is 19.1. The SMILES string of the molecule is CCc1cn2c(n1)C1(CCN(C(=O)OCc3ccccc3)C(C)C1)N(c1cccc(F)c1)C2=O. The number of hydrogen-bond acceptors (Lipinski definition) is 4. The van der Waals surface area contributed by atoms with Crippen LogP contribution in [0.2, 0.25) is 0 Å². The smallest absolute Gasteiger partial charge is 0.410 e. The summed E-state index contributed by atoms with van der Waals surface area (Å²) >= 11 is 0. The van der Waals surface area contributed by atoms with Gasteiger partial charge in [0.15, 0.2) is 0 Å². The number of piperidine rings is 1. The number of carbonyl (C=O) groups is 2. The Balaban J connectivity index is 1.43. The molecule has 34 heavy (non-hydrogen) atoms. The largest absolute Gasteiger partial charge is 0.445 e. The Kier molecular flexibility index (Phi) is 5.59. The molecule has 2 amide bonds. The number of aromatic nitrogens is 2. The molecule has 5 rings (SSSR count). The van der Waals surface area contributed by atoms with E-state index in [1.165, 1.54) is 12.1 Å². The van der Waals surface area contributed by atoms with E-state index in [-0.39, 0.29) is 24.8 Å². The number of nitrogens with zero attached hydrogens (tertiary/aromatic N) is 4. The van der Waals surface area contributed by atoms with Crippen molar-refractivity contribution in [3.05, 3.63) is 83.7 Å². The van der Waals surface area contributed by atoms with Crippen molar-refractivity contribution in [1.29, 1.82) is 0 Å². The van der Waals surface area contributed by atoms with Crippen molar-refractivity contribution in [3.63, 3.8) is 0 Å². The zero-order valence-corrected chi connectivity index (χ0v) is 19.3. The number of halogens is 1. The van der Waals surface area contributed by atoms with Crippen LogP contribution in [0.5, 0.6) is 0 Å². The van der Waals surface area contributed by atoms with E-state index in [9.17, 15) is 14.0 Å². The van der Waals surface area contributed by atoms with Crippen molar-refractivity contribution in [2.45, 2.75) is 51.3 Å². The summed E-state index contributed by atoms with van der Waals surface area (Å²) in [6.45, 7) is 4.53. The highest BCUT2D eigenvalue weighted by molar-refractivity contribution is 5.99. The van der Waals surface area contributed by atoms with Crippen LogP contribution in [0, 0.1) is 5.82 Å². The summed E-state index contributed by atoms with van der Waals surface area (Å²) in [7, 11) is 0. The zero-order chi connectivity index (χ0) is 23.9. The number of benzene rings is 2. The van der Waals surface area contributed by atoms with Gasteiger partial charge in [-0.25, -0.2) is 19.0 Å². The molecule has 176 valence electrons. The highest BCUT2D eigenvalue weighted by Gasteiger charge is 2.56. The van der Waals surface area contributed by atoms with Crippen molar-refractivity contribution in [1.82, 2.24) is 14.5 Å². The van der Waals surface area contributed by atoms with Crippen molar-refractivity contribution >= 4 is 17.8 Å². The molecule has 3 aromatic rings. The third kappa shape index (κ3) is 3.63. The molecular formula is C26H27FN4O3. The molecule has 7 nitrogen and oxygen atoms in total. The van der Waals surface area contributed by atoms with Crippen LogP contribution in [-0.2, 0) is 23.3 Å². The number of hydrogen-bond donors (Lipinski definition) is 0. The van der Waals surface area contributed by atoms with Crippen molar-refractivity contribution in [2.75, 3.05) is 11.4 Å². The molecule has 0 N–H and O–H groups in total. The number of carbonyl (C=O) groups excluding carboxylic acids is 2. The number of imidazole rings is 1. The van der Waals surface area contributed by atoms with E-state index in [1.54, 1.807) is 32.7 Å². The molecule has 0 aliphatic carbocycles. The minimum Gasteiger partial charge on any atom is -0.445 e. The van der Waals surface area contributed by atoms with E-state index >= 15 is 0 Å². The molecule has 1 spiro atoms. The highest BCUT2D eigenvalue weighted by Crippen LogP contribution is 2.47. The Morgan fingerprint density at radius 3 is 2.71 bits per heavy atom. The summed E-state index contributed by atoms with van der Waals surface area (Å²) in [5, 5.41) is 0. The monoisotopic (exact) mass is 462 g/mol. The number of likely N-dealkylation sites (tertiary alicyclic amines) is 1. The molecule has 0 bridgehead atoms. The molecule has 2 aliphatic heterocycles. The Hall–Kier alpha value is -3.68. The van der Waals surface area contributed by atoms with E-state index < -0.39 is 11.4 Å². The van der Waals surface area contributed by atoms with E-state index in [0.717, 1.165) is 11.3 Å². The van der Waals surface area contributed by atoms with Gasteiger partial charge in [0.05, 0.1) is 5.69 Å². The number of rotatable bonds is 4. The van der Waals surface area contributed by atoms with Crippen LogP contribution in [0.25, 0.3) is 0 Å². The van der Waals surface area contributed by atoms with E-state index in [0.29, 0.717) is 37.3 Å². The molecule has 0 radical (unpaired) electrons. The third-order valence-corrected chi connectivity index (χ3v) is 6.80. The quantitative estimate of drug-likeness (QED) is 0.542. The Morgan fingerprint density at radius 1 is 1.21 bits per heavy atom. The molecule has 2 unspecified atom stereocenters. The minimum atomic E-state index is -0.770. The van der Waals surface area contributed by atoms with Gasteiger partial charge in [-0.2, -0.15) is 0 Å². The summed E-state index contributed by atoms with van der Waals surface area (Å²) < 4.78 is 21.3. The summed E-state index contributed by atoms with van der Waals surface area (Å²) in [6.07, 6.45) is 3.03. The fraction of sp³-hybridized carbons (Fsp3) is 0.346. The lowest BCUT2D eigenvalue weighted by Gasteiger charge is -2.46. The number of fused-ring (bicyclic) bond motifs is 2. The Labute approximate surface area is 197 Å². The van der Waals surface area contributed by atoms with Gasteiger partial charge in [-0.05, 0) is 49.9 Å². The van der Waals surface area contributed by atoms with Gasteiger partial charge in [0.2, 0.25) is 0 Å². The van der Waals surface area contributed by atoms with Crippen molar-refractivity contribution < 1.29 is 18.7 Å². The molecule has 8 heteroatoms. The maximum absolute atomic E-state index is 14.1. The van der Waals surface area contributed by atoms with Gasteiger partial charge in [-0.1, -0.05) is 43.3 Å². The second-order valence-electron chi connectivity index (χ2n) is 8.95. The second kappa shape index (κ2) is 8.59. The van der Waals surface area contributed by atoms with Gasteiger partial charge in [0, 0.05) is 24.5 Å². The van der Waals surface area contributed by atoms with Crippen LogP contribution in [0.1, 0.15) is 43.8 Å². The lowest BCUT2D eigenvalue weighted by Crippen LogP contribution is -2.56. The van der Waals surface area contributed by atoms with Gasteiger partial charge in [0.25, 0.3) is 0 Å². The number of ether oxygens (including phenoxy) is 1. The number of anilines is 1. The van der Waals surface area contributed by atoms with Crippen LogP contribution < -0.4 is 4.90 Å². The standard InChI is InChI=1S/C26H27FN4O3/c1-3-21-16-30-23(28-21)26(31(24(30)32)22-11-7-10-20(27)14-22)12-13-29(18(2)15-26)25(33)34-17-19-8-5-4-6-9-19/h4-11,14,16,18H,3,12-13,15,17H2,1-2H3. The van der Waals surface area contributed by atoms with Crippen molar-refractivity contribution in [3.8, 4) is 0 Å². The third-order valence-electron chi connectivity index (χ3n) is 6.80. The van der Waals surface area contributed by atoms with E-state index in [2.05, 4.69) is 0 Å². The van der Waals surface area contributed by atoms with Gasteiger partial charge in [-0.3, -0.25) is 9.47 Å². The first-order valence-electron chi connectivity index (χ1n) is 11.6. The summed E-state index contributed by atoms with van der Waals surface area (Å²) in [4.78, 5) is 34.6. The topological polar surface area (TPSA) is 67.7 Å². The molecular weight excluding hydrogens is 435 g/mol. The van der Waals surface area contributed by atoms with Gasteiger partial charge < -0.3 is 9.64 Å². The maximum Gasteiger partial charge on any atom is 0.410 e. The van der Waals surface area contributed by atoms with Crippen molar-refractivity contribution in [2.24, 2.45) is 0 Å². The maximum atomic E-state index is 14.1. The first-order chi connectivity index (χ1) is 16.4. The zero-order valence-electron chi connectivity index (χ0n) is 19.3. The molecule has 1 saturated heterocycles. The van der Waals surface area contributed by atoms with E-state index in [1.807, 2.05) is 44.2 Å². The molecule has 1 aromatic heterocycles. The summed E-state index contributed by atoms with van der Waals surface area (Å²) in [5.41, 5.74) is 1.47. The predicted molar refractivity (Wildman–Crippen MR) is 125 cm³/mol. The van der Waals surface area contributed by atoms with Gasteiger partial charge in [0.1, 0.15) is 23.8 Å². The Bertz CT molecular complexity index is 1230. The normalized spacial score (nSPS) is 21.7. The van der Waals surface area contributed by atoms with Crippen LogP contribution in [0.15, 0.2) is 60.8 Å². The lowest BCUT2D eigenvalue weighted by molar-refractivity contribution is 0.0553. The second-order valence-corrected chi connectivity index (χ2v) is 8.95. The number of aryl methyl sites for hydroxylation is 1. The van der Waals surface area contributed by atoms with Crippen LogP contribution >= 0.6 is 0 Å². The van der Waals surface area contributed by atoms with Gasteiger partial charge >= 0.3 is 12.1 Å². The Morgan fingerprint density at radius 2 is 2.00 bits per heavy atom. The summed E-state index contributed by atoms with van der Waals surface area (Å²) in [6, 6.07) is 15.2. The van der Waals surface area contributed by atoms with Crippen LogP contribution in [-0.4, -0.2) is 39.2 Å². The fourth-order valence-electron chi connectivity index (χ4n) is 5.14. The predicted octanol–water partition coefficient (Wildman–Crippen LogP) is 5.09. The van der Waals surface area contributed by atoms with E-state index in [4.69, 9.17) is 9.72 Å². The molecule has 3 heterocycles. The first-order valence-corrected chi connectivity index (χ1v) is 11.6. The van der Waals surface area contributed by atoms with Crippen LogP contribution in [0.4, 0.5) is 19.7 Å². The average Bonchev–Trinajstić information content (AvgIpc) is 3.36. The molecule has 2 aromatic carbocycles. The van der Waals surface area contributed by atoms with Crippen LogP contribution in [0.3, 0.4) is 0 Å². The van der Waals surface area contributed by atoms with Gasteiger partial charge in [-0.15, -0.1) is 0 Å². The minimum absolute atomic E-state index is 0.201. The molecule has 2 aliphatic rings. The first kappa shape index (κ1) is 22.1. The lowest BCUT2D eigenvalue weighted by atomic mass is 9.82. The molecule has 2 atom stereocenters. The molecule has 0 saturated carbocycles.